The van der Waals surface area contributed by atoms with E-state index in [9.17, 15) is 4.79 Å². The van der Waals surface area contributed by atoms with Crippen LogP contribution < -0.4 is 5.69 Å². The number of hydrogen-bond donors (Lipinski definition) is 2. The highest BCUT2D eigenvalue weighted by Crippen LogP contribution is 2.25. The molecule has 7 heteroatoms. The van der Waals surface area contributed by atoms with Gasteiger partial charge in [0.15, 0.2) is 5.89 Å². The summed E-state index contributed by atoms with van der Waals surface area (Å²) in [5, 5.41) is 6.43. The fraction of sp³-hybridized carbons (Fsp3) is 0.583. The van der Waals surface area contributed by atoms with Crippen molar-refractivity contribution in [3.8, 4) is 0 Å². The molecule has 0 unspecified atom stereocenters. The number of aromatic amines is 2. The maximum absolute atomic E-state index is 11.0. The lowest BCUT2D eigenvalue weighted by Gasteiger charge is -2.29. The van der Waals surface area contributed by atoms with Gasteiger partial charge in [-0.2, -0.15) is 5.10 Å². The van der Waals surface area contributed by atoms with Crippen LogP contribution in [0.5, 0.6) is 0 Å². The Morgan fingerprint density at radius 3 is 2.84 bits per heavy atom. The number of oxazole rings is 1. The summed E-state index contributed by atoms with van der Waals surface area (Å²) in [5.41, 5.74) is -0.227. The number of nitrogens with one attached hydrogen (secondary N) is 2. The minimum Gasteiger partial charge on any atom is -0.445 e. The van der Waals surface area contributed by atoms with E-state index in [-0.39, 0.29) is 5.69 Å². The molecule has 0 aromatic carbocycles. The topological polar surface area (TPSA) is 90.8 Å². The summed E-state index contributed by atoms with van der Waals surface area (Å²) in [5.74, 6) is 2.73. The van der Waals surface area contributed by atoms with Crippen LogP contribution in [0.2, 0.25) is 0 Å². The molecule has 0 saturated carbocycles. The summed E-state index contributed by atoms with van der Waals surface area (Å²) in [6, 6.07) is 0. The zero-order valence-corrected chi connectivity index (χ0v) is 10.8. The number of nitrogens with zero attached hydrogens (tertiary/aromatic N) is 3. The maximum atomic E-state index is 11.0. The Kier molecular flexibility index (Phi) is 3.20. The van der Waals surface area contributed by atoms with Crippen LogP contribution in [0.15, 0.2) is 15.4 Å². The highest BCUT2D eigenvalue weighted by atomic mass is 16.4. The highest BCUT2D eigenvalue weighted by molar-refractivity contribution is 4.98. The van der Waals surface area contributed by atoms with Crippen molar-refractivity contribution in [2.45, 2.75) is 32.2 Å². The zero-order chi connectivity index (χ0) is 13.2. The fourth-order valence-electron chi connectivity index (χ4n) is 2.54. The second-order valence-corrected chi connectivity index (χ2v) is 4.96. The van der Waals surface area contributed by atoms with Gasteiger partial charge in [0, 0.05) is 12.8 Å². The normalized spacial score (nSPS) is 17.9. The molecule has 0 amide bonds. The molecule has 7 nitrogen and oxygen atoms in total. The number of aryl methyl sites for hydroxylation is 1. The number of likely N-dealkylation sites (tertiary alicyclic amines) is 1. The number of rotatable bonds is 3. The first-order valence-electron chi connectivity index (χ1n) is 6.49. The van der Waals surface area contributed by atoms with Gasteiger partial charge in [0.05, 0.1) is 12.7 Å². The van der Waals surface area contributed by atoms with Crippen LogP contribution in [-0.2, 0) is 6.54 Å². The number of aromatic nitrogens is 4. The van der Waals surface area contributed by atoms with E-state index in [2.05, 4.69) is 25.1 Å². The molecule has 1 aliphatic rings. The second kappa shape index (κ2) is 5.00. The average molecular weight is 263 g/mol. The first-order chi connectivity index (χ1) is 9.20. The van der Waals surface area contributed by atoms with Gasteiger partial charge in [0.25, 0.3) is 0 Å². The second-order valence-electron chi connectivity index (χ2n) is 4.96. The van der Waals surface area contributed by atoms with E-state index in [1.165, 1.54) is 0 Å². The van der Waals surface area contributed by atoms with Gasteiger partial charge in [-0.1, -0.05) is 0 Å². The average Bonchev–Trinajstić information content (AvgIpc) is 3.00. The largest absolute Gasteiger partial charge is 0.445 e. The molecule has 2 aromatic heterocycles. The minimum absolute atomic E-state index is 0.227. The van der Waals surface area contributed by atoms with Crippen LogP contribution >= 0.6 is 0 Å². The number of H-pyrrole nitrogens is 2. The van der Waals surface area contributed by atoms with Crippen molar-refractivity contribution in [3.05, 3.63) is 34.2 Å². The van der Waals surface area contributed by atoms with Gasteiger partial charge in [-0.05, 0) is 25.9 Å². The smallest absolute Gasteiger partial charge is 0.340 e. The first-order valence-corrected chi connectivity index (χ1v) is 6.49. The van der Waals surface area contributed by atoms with E-state index < -0.39 is 0 Å². The van der Waals surface area contributed by atoms with Gasteiger partial charge in [-0.15, -0.1) is 0 Å². The van der Waals surface area contributed by atoms with E-state index in [1.807, 2.05) is 6.92 Å². The zero-order valence-electron chi connectivity index (χ0n) is 10.8. The van der Waals surface area contributed by atoms with Crippen LogP contribution in [0, 0.1) is 6.92 Å². The van der Waals surface area contributed by atoms with E-state index in [0.29, 0.717) is 11.8 Å². The van der Waals surface area contributed by atoms with Crippen LogP contribution in [0.3, 0.4) is 0 Å². The van der Waals surface area contributed by atoms with Crippen LogP contribution in [0.4, 0.5) is 0 Å². The Labute approximate surface area is 110 Å². The van der Waals surface area contributed by atoms with Crippen molar-refractivity contribution in [3.63, 3.8) is 0 Å². The summed E-state index contributed by atoms with van der Waals surface area (Å²) in [6.07, 6.45) is 3.77. The molecule has 19 heavy (non-hydrogen) atoms. The third-order valence-electron chi connectivity index (χ3n) is 3.54. The van der Waals surface area contributed by atoms with Crippen molar-refractivity contribution < 1.29 is 4.42 Å². The predicted molar refractivity (Wildman–Crippen MR) is 67.7 cm³/mol. The summed E-state index contributed by atoms with van der Waals surface area (Å²) in [6.45, 7) is 4.59. The van der Waals surface area contributed by atoms with E-state index in [1.54, 1.807) is 6.20 Å². The molecule has 0 radical (unpaired) electrons. The Morgan fingerprint density at radius 2 is 2.26 bits per heavy atom. The van der Waals surface area contributed by atoms with Crippen molar-refractivity contribution >= 4 is 0 Å². The number of piperidine rings is 1. The molecule has 0 spiro atoms. The quantitative estimate of drug-likeness (QED) is 0.853. The van der Waals surface area contributed by atoms with Gasteiger partial charge in [-0.3, -0.25) is 9.88 Å². The molecule has 3 rings (SSSR count). The monoisotopic (exact) mass is 263 g/mol. The lowest BCUT2D eigenvalue weighted by atomic mass is 9.96. The lowest BCUT2D eigenvalue weighted by Crippen LogP contribution is -2.32. The van der Waals surface area contributed by atoms with Crippen LogP contribution in [0.1, 0.15) is 36.2 Å². The molecule has 1 fully saturated rings. The molecule has 3 heterocycles. The van der Waals surface area contributed by atoms with Gasteiger partial charge >= 0.3 is 5.69 Å². The van der Waals surface area contributed by atoms with Gasteiger partial charge < -0.3 is 4.42 Å². The summed E-state index contributed by atoms with van der Waals surface area (Å²) < 4.78 is 5.48. The first kappa shape index (κ1) is 12.2. The predicted octanol–water partition coefficient (Wildman–Crippen LogP) is 0.774. The van der Waals surface area contributed by atoms with E-state index >= 15 is 0 Å². The molecule has 0 aliphatic carbocycles. The highest BCUT2D eigenvalue weighted by Gasteiger charge is 2.23. The van der Waals surface area contributed by atoms with Crippen LogP contribution in [-0.4, -0.2) is 38.2 Å². The van der Waals surface area contributed by atoms with E-state index in [4.69, 9.17) is 4.42 Å². The summed E-state index contributed by atoms with van der Waals surface area (Å²) in [7, 11) is 0. The van der Waals surface area contributed by atoms with Crippen molar-refractivity contribution in [1.82, 2.24) is 25.1 Å². The SMILES string of the molecule is Cc1ncc(CN2CCC(c3n[nH]c(=O)[nH]3)CC2)o1. The van der Waals surface area contributed by atoms with Crippen molar-refractivity contribution in [2.75, 3.05) is 13.1 Å². The third kappa shape index (κ3) is 2.76. The van der Waals surface area contributed by atoms with Gasteiger partial charge in [0.2, 0.25) is 0 Å². The van der Waals surface area contributed by atoms with Crippen molar-refractivity contribution in [2.24, 2.45) is 0 Å². The maximum Gasteiger partial charge on any atom is 0.340 e. The third-order valence-corrected chi connectivity index (χ3v) is 3.54. The fourth-order valence-corrected chi connectivity index (χ4v) is 2.54. The molecule has 1 saturated heterocycles. The van der Waals surface area contributed by atoms with Gasteiger partial charge in [0.1, 0.15) is 11.6 Å². The molecule has 0 atom stereocenters. The number of hydrogen-bond acceptors (Lipinski definition) is 5. The standard InChI is InChI=1S/C12H17N5O2/c1-8-13-6-10(19-8)7-17-4-2-9(3-5-17)11-14-12(18)16-15-11/h6,9H,2-5,7H2,1H3,(H2,14,15,16,18). The molecule has 2 aromatic rings. The Hall–Kier alpha value is -1.89. The van der Waals surface area contributed by atoms with Crippen molar-refractivity contribution in [1.29, 1.82) is 0 Å². The Bertz CT molecular complexity index is 591. The molecule has 0 bridgehead atoms. The lowest BCUT2D eigenvalue weighted by molar-refractivity contribution is 0.187. The molecule has 102 valence electrons. The van der Waals surface area contributed by atoms with Gasteiger partial charge in [-0.25, -0.2) is 14.9 Å². The Morgan fingerprint density at radius 1 is 1.47 bits per heavy atom. The minimum atomic E-state index is -0.227. The molecular weight excluding hydrogens is 246 g/mol. The Balaban J connectivity index is 1.56. The summed E-state index contributed by atoms with van der Waals surface area (Å²) in [4.78, 5) is 20.2. The molecule has 2 N–H and O–H groups in total. The summed E-state index contributed by atoms with van der Waals surface area (Å²) >= 11 is 0. The molecule has 1 aliphatic heterocycles. The molecular formula is C12H17N5O2. The van der Waals surface area contributed by atoms with E-state index in [0.717, 1.165) is 44.1 Å². The van der Waals surface area contributed by atoms with Crippen LogP contribution in [0.25, 0.3) is 0 Å².